The quantitative estimate of drug-likeness (QED) is 0.382. The van der Waals surface area contributed by atoms with Crippen molar-refractivity contribution >= 4 is 56.4 Å². The van der Waals surface area contributed by atoms with Crippen LogP contribution >= 0.6 is 28.1 Å². The maximum absolute atomic E-state index is 12.9. The number of rotatable bonds is 7. The lowest BCUT2D eigenvalue weighted by atomic mass is 10.1. The van der Waals surface area contributed by atoms with E-state index in [4.69, 9.17) is 17.0 Å². The maximum atomic E-state index is 12.9. The number of halogens is 1. The van der Waals surface area contributed by atoms with Gasteiger partial charge in [-0.1, -0.05) is 52.3 Å². The van der Waals surface area contributed by atoms with Crippen LogP contribution in [0.5, 0.6) is 5.75 Å². The number of carbonyl (C=O) groups is 2. The lowest BCUT2D eigenvalue weighted by Crippen LogP contribution is -2.34. The van der Waals surface area contributed by atoms with E-state index in [0.717, 1.165) is 16.5 Å². The molecule has 3 aromatic carbocycles. The molecule has 3 aromatic rings. The number of ether oxygens (including phenoxy) is 1. The number of nitrogens with one attached hydrogen (secondary N) is 3. The van der Waals surface area contributed by atoms with Crippen molar-refractivity contribution in [3.05, 3.63) is 88.4 Å². The van der Waals surface area contributed by atoms with Crippen molar-refractivity contribution in [3.8, 4) is 5.75 Å². The summed E-state index contributed by atoms with van der Waals surface area (Å²) in [6.07, 6.45) is 0.725. The molecule has 164 valence electrons. The Morgan fingerprint density at radius 3 is 2.38 bits per heavy atom. The van der Waals surface area contributed by atoms with Crippen molar-refractivity contribution in [2.75, 3.05) is 17.2 Å². The largest absolute Gasteiger partial charge is 0.492 e. The van der Waals surface area contributed by atoms with E-state index < -0.39 is 5.91 Å². The third-order valence-corrected chi connectivity index (χ3v) is 5.04. The Balaban J connectivity index is 1.63. The van der Waals surface area contributed by atoms with Gasteiger partial charge in [0.15, 0.2) is 5.11 Å². The molecule has 0 aliphatic carbocycles. The second-order valence-electron chi connectivity index (χ2n) is 6.89. The number of anilines is 2. The van der Waals surface area contributed by atoms with E-state index in [-0.39, 0.29) is 11.0 Å². The van der Waals surface area contributed by atoms with Gasteiger partial charge < -0.3 is 15.4 Å². The molecule has 0 spiro atoms. The summed E-state index contributed by atoms with van der Waals surface area (Å²) in [5.41, 5.74) is 2.78. The standard InChI is InChI=1S/C24H22BrN3O3S/c1-16(29)26-19-8-5-9-20(15-19)27-24(32)28-23(30)21-14-18(25)10-11-22(21)31-13-12-17-6-3-2-4-7-17/h2-11,14-15H,12-13H2,1H3,(H,26,29)(H2,27,28,30,32). The van der Waals surface area contributed by atoms with Crippen LogP contribution < -0.4 is 20.7 Å². The molecule has 0 bridgehead atoms. The number of thiocarbonyl (C=S) groups is 1. The number of hydrogen-bond donors (Lipinski definition) is 3. The van der Waals surface area contributed by atoms with Gasteiger partial charge in [-0.25, -0.2) is 0 Å². The first-order valence-corrected chi connectivity index (χ1v) is 11.1. The van der Waals surface area contributed by atoms with Crippen LogP contribution in [0.25, 0.3) is 0 Å². The van der Waals surface area contributed by atoms with Gasteiger partial charge in [-0.3, -0.25) is 14.9 Å². The second-order valence-corrected chi connectivity index (χ2v) is 8.22. The molecule has 3 rings (SSSR count). The average Bonchev–Trinajstić information content (AvgIpc) is 2.75. The Bertz CT molecular complexity index is 1120. The molecule has 0 aliphatic rings. The Morgan fingerprint density at radius 1 is 0.938 bits per heavy atom. The predicted octanol–water partition coefficient (Wildman–Crippen LogP) is 5.16. The first kappa shape index (κ1) is 23.4. The van der Waals surface area contributed by atoms with Gasteiger partial charge in [-0.15, -0.1) is 0 Å². The summed E-state index contributed by atoms with van der Waals surface area (Å²) in [5, 5.41) is 8.45. The summed E-state index contributed by atoms with van der Waals surface area (Å²) in [6, 6.07) is 22.3. The fourth-order valence-electron chi connectivity index (χ4n) is 2.94. The minimum absolute atomic E-state index is 0.130. The van der Waals surface area contributed by atoms with Crippen LogP contribution in [-0.2, 0) is 11.2 Å². The highest BCUT2D eigenvalue weighted by Gasteiger charge is 2.15. The molecule has 6 nitrogen and oxygen atoms in total. The summed E-state index contributed by atoms with van der Waals surface area (Å²) in [4.78, 5) is 24.1. The molecule has 0 aliphatic heterocycles. The van der Waals surface area contributed by atoms with Crippen LogP contribution in [0.1, 0.15) is 22.8 Å². The van der Waals surface area contributed by atoms with Crippen LogP contribution in [0, 0.1) is 0 Å². The summed E-state index contributed by atoms with van der Waals surface area (Å²) in [7, 11) is 0. The molecule has 0 saturated heterocycles. The van der Waals surface area contributed by atoms with Gasteiger partial charge >= 0.3 is 0 Å². The van der Waals surface area contributed by atoms with Crippen molar-refractivity contribution < 1.29 is 14.3 Å². The third-order valence-electron chi connectivity index (χ3n) is 4.35. The molecule has 0 aromatic heterocycles. The Hall–Kier alpha value is -3.23. The first-order valence-electron chi connectivity index (χ1n) is 9.87. The Labute approximate surface area is 200 Å². The van der Waals surface area contributed by atoms with Crippen LogP contribution in [0.4, 0.5) is 11.4 Å². The topological polar surface area (TPSA) is 79.5 Å². The molecule has 0 saturated carbocycles. The minimum Gasteiger partial charge on any atom is -0.492 e. The summed E-state index contributed by atoms with van der Waals surface area (Å²) >= 11 is 8.69. The first-order chi connectivity index (χ1) is 15.4. The average molecular weight is 512 g/mol. The van der Waals surface area contributed by atoms with Crippen molar-refractivity contribution in [2.24, 2.45) is 0 Å². The van der Waals surface area contributed by atoms with Crippen molar-refractivity contribution in [2.45, 2.75) is 13.3 Å². The van der Waals surface area contributed by atoms with Gasteiger partial charge in [-0.05, 0) is 54.2 Å². The zero-order valence-electron chi connectivity index (χ0n) is 17.4. The summed E-state index contributed by atoms with van der Waals surface area (Å²) < 4.78 is 6.63. The van der Waals surface area contributed by atoms with E-state index in [1.807, 2.05) is 36.4 Å². The van der Waals surface area contributed by atoms with Gasteiger partial charge in [0.1, 0.15) is 5.75 Å². The lowest BCUT2D eigenvalue weighted by Gasteiger charge is -2.14. The monoisotopic (exact) mass is 511 g/mol. The van der Waals surface area contributed by atoms with Crippen LogP contribution in [0.2, 0.25) is 0 Å². The highest BCUT2D eigenvalue weighted by atomic mass is 79.9. The molecule has 0 unspecified atom stereocenters. The maximum Gasteiger partial charge on any atom is 0.261 e. The molecule has 0 radical (unpaired) electrons. The Kier molecular flexibility index (Phi) is 8.35. The van der Waals surface area contributed by atoms with E-state index in [1.54, 1.807) is 36.4 Å². The van der Waals surface area contributed by atoms with Gasteiger partial charge in [0, 0.05) is 29.2 Å². The lowest BCUT2D eigenvalue weighted by molar-refractivity contribution is -0.114. The molecule has 8 heteroatoms. The van der Waals surface area contributed by atoms with E-state index in [2.05, 4.69) is 31.9 Å². The number of benzene rings is 3. The highest BCUT2D eigenvalue weighted by molar-refractivity contribution is 9.10. The molecule has 0 atom stereocenters. The van der Waals surface area contributed by atoms with Gasteiger partial charge in [0.05, 0.1) is 12.2 Å². The predicted molar refractivity (Wildman–Crippen MR) is 134 cm³/mol. The number of hydrogen-bond acceptors (Lipinski definition) is 4. The van der Waals surface area contributed by atoms with Crippen molar-refractivity contribution in [3.63, 3.8) is 0 Å². The fourth-order valence-corrected chi connectivity index (χ4v) is 3.51. The number of amides is 2. The second kappa shape index (κ2) is 11.4. The smallest absolute Gasteiger partial charge is 0.261 e. The third kappa shape index (κ3) is 7.18. The molecule has 0 heterocycles. The highest BCUT2D eigenvalue weighted by Crippen LogP contribution is 2.24. The molecule has 3 N–H and O–H groups in total. The van der Waals surface area contributed by atoms with Gasteiger partial charge in [0.25, 0.3) is 5.91 Å². The SMILES string of the molecule is CC(=O)Nc1cccc(NC(=S)NC(=O)c2cc(Br)ccc2OCCc2ccccc2)c1. The van der Waals surface area contributed by atoms with Crippen LogP contribution in [0.15, 0.2) is 77.3 Å². The molecule has 0 fully saturated rings. The van der Waals surface area contributed by atoms with Crippen molar-refractivity contribution in [1.29, 1.82) is 0 Å². The van der Waals surface area contributed by atoms with E-state index in [9.17, 15) is 9.59 Å². The Morgan fingerprint density at radius 2 is 1.66 bits per heavy atom. The van der Waals surface area contributed by atoms with Crippen LogP contribution in [-0.4, -0.2) is 23.5 Å². The normalized spacial score (nSPS) is 10.2. The fraction of sp³-hybridized carbons (Fsp3) is 0.125. The minimum atomic E-state index is -0.392. The molecule has 2 amide bonds. The van der Waals surface area contributed by atoms with Gasteiger partial charge in [-0.2, -0.15) is 0 Å². The zero-order chi connectivity index (χ0) is 22.9. The molecule has 32 heavy (non-hydrogen) atoms. The summed E-state index contributed by atoms with van der Waals surface area (Å²) in [5.74, 6) is -0.0962. The van der Waals surface area contributed by atoms with E-state index in [0.29, 0.717) is 29.3 Å². The molecular weight excluding hydrogens is 490 g/mol. The zero-order valence-corrected chi connectivity index (χ0v) is 19.8. The van der Waals surface area contributed by atoms with E-state index >= 15 is 0 Å². The number of carbonyl (C=O) groups excluding carboxylic acids is 2. The van der Waals surface area contributed by atoms with Gasteiger partial charge in [0.2, 0.25) is 5.91 Å². The molecular formula is C24H22BrN3O3S. The summed E-state index contributed by atoms with van der Waals surface area (Å²) in [6.45, 7) is 1.87. The van der Waals surface area contributed by atoms with Crippen molar-refractivity contribution in [1.82, 2.24) is 5.32 Å². The van der Waals surface area contributed by atoms with E-state index in [1.165, 1.54) is 6.92 Å². The van der Waals surface area contributed by atoms with Crippen LogP contribution in [0.3, 0.4) is 0 Å².